The van der Waals surface area contributed by atoms with Crippen molar-refractivity contribution in [1.82, 2.24) is 9.62 Å². The van der Waals surface area contributed by atoms with Crippen molar-refractivity contribution < 1.29 is 8.42 Å². The number of thiophene rings is 1. The summed E-state index contributed by atoms with van der Waals surface area (Å²) in [5, 5.41) is 4.56. The highest BCUT2D eigenvalue weighted by Crippen LogP contribution is 2.27. The van der Waals surface area contributed by atoms with E-state index in [2.05, 4.69) is 21.1 Å². The van der Waals surface area contributed by atoms with Crippen molar-refractivity contribution in [3.05, 3.63) is 51.2 Å². The number of nitrogens with zero attached hydrogens (tertiary/aromatic N) is 1. The Morgan fingerprint density at radius 2 is 2.04 bits per heavy atom. The molecule has 0 spiro atoms. The fourth-order valence-corrected chi connectivity index (χ4v) is 5.36. The molecule has 1 aromatic carbocycles. The summed E-state index contributed by atoms with van der Waals surface area (Å²) in [4.78, 5) is 2.61. The average Bonchev–Trinajstić information content (AvgIpc) is 3.23. The molecule has 7 heteroatoms. The van der Waals surface area contributed by atoms with E-state index in [4.69, 9.17) is 11.6 Å². The van der Waals surface area contributed by atoms with Gasteiger partial charge in [0.05, 0.1) is 4.90 Å². The van der Waals surface area contributed by atoms with Crippen LogP contribution in [0.2, 0.25) is 5.02 Å². The van der Waals surface area contributed by atoms with Gasteiger partial charge in [0.15, 0.2) is 0 Å². The molecule has 0 radical (unpaired) electrons. The lowest BCUT2D eigenvalue weighted by Crippen LogP contribution is -2.36. The first-order valence-electron chi connectivity index (χ1n) is 7.99. The zero-order chi connectivity index (χ0) is 17.2. The lowest BCUT2D eigenvalue weighted by molar-refractivity contribution is 0.247. The van der Waals surface area contributed by atoms with E-state index in [9.17, 15) is 8.42 Å². The van der Waals surface area contributed by atoms with Crippen LogP contribution >= 0.6 is 22.9 Å². The van der Waals surface area contributed by atoms with E-state index < -0.39 is 10.0 Å². The first-order chi connectivity index (χ1) is 11.5. The third-order valence-electron chi connectivity index (χ3n) is 4.42. The van der Waals surface area contributed by atoms with Crippen molar-refractivity contribution in [3.63, 3.8) is 0 Å². The Morgan fingerprint density at radius 1 is 1.29 bits per heavy atom. The predicted octanol–water partition coefficient (Wildman–Crippen LogP) is 3.83. The molecule has 1 atom stereocenters. The van der Waals surface area contributed by atoms with Crippen LogP contribution < -0.4 is 4.72 Å². The highest BCUT2D eigenvalue weighted by molar-refractivity contribution is 7.89. The number of halogens is 1. The van der Waals surface area contributed by atoms with Gasteiger partial charge in [-0.1, -0.05) is 17.7 Å². The SMILES string of the molecule is Cc1ccc(Cl)cc1S(=O)(=O)NCC(c1ccsc1)N1CCCC1. The summed E-state index contributed by atoms with van der Waals surface area (Å²) in [6.45, 7) is 4.17. The summed E-state index contributed by atoms with van der Waals surface area (Å²) in [5.41, 5.74) is 1.87. The molecule has 1 aliphatic heterocycles. The third kappa shape index (κ3) is 4.00. The maximum atomic E-state index is 12.7. The number of sulfonamides is 1. The molecule has 0 amide bonds. The number of rotatable bonds is 6. The molecule has 1 fully saturated rings. The Bertz CT molecular complexity index is 785. The summed E-state index contributed by atoms with van der Waals surface area (Å²) < 4.78 is 28.2. The van der Waals surface area contributed by atoms with Crippen molar-refractivity contribution in [2.24, 2.45) is 0 Å². The summed E-state index contributed by atoms with van der Waals surface area (Å²) in [7, 11) is -3.59. The molecule has 1 unspecified atom stereocenters. The molecular weight excluding hydrogens is 364 g/mol. The number of likely N-dealkylation sites (tertiary alicyclic amines) is 1. The van der Waals surface area contributed by atoms with Gasteiger partial charge in [-0.25, -0.2) is 13.1 Å². The van der Waals surface area contributed by atoms with E-state index >= 15 is 0 Å². The van der Waals surface area contributed by atoms with Crippen LogP contribution in [0, 0.1) is 6.92 Å². The van der Waals surface area contributed by atoms with E-state index in [-0.39, 0.29) is 10.9 Å². The standard InChI is InChI=1S/C17H21ClN2O2S2/c1-13-4-5-15(18)10-17(13)24(21,22)19-11-16(14-6-9-23-12-14)20-7-2-3-8-20/h4-6,9-10,12,16,19H,2-3,7-8,11H2,1H3. The Labute approximate surface area is 152 Å². The van der Waals surface area contributed by atoms with Gasteiger partial charge in [-0.2, -0.15) is 11.3 Å². The maximum Gasteiger partial charge on any atom is 0.240 e. The van der Waals surface area contributed by atoms with E-state index in [0.29, 0.717) is 17.1 Å². The van der Waals surface area contributed by atoms with E-state index in [1.54, 1.807) is 30.4 Å². The largest absolute Gasteiger partial charge is 0.295 e. The number of aryl methyl sites for hydroxylation is 1. The molecule has 4 nitrogen and oxygen atoms in total. The van der Waals surface area contributed by atoms with Crippen molar-refractivity contribution in [2.45, 2.75) is 30.7 Å². The van der Waals surface area contributed by atoms with E-state index in [0.717, 1.165) is 13.1 Å². The van der Waals surface area contributed by atoms with Gasteiger partial charge in [0.25, 0.3) is 0 Å². The molecule has 3 rings (SSSR count). The topological polar surface area (TPSA) is 49.4 Å². The van der Waals surface area contributed by atoms with Crippen molar-refractivity contribution in [2.75, 3.05) is 19.6 Å². The van der Waals surface area contributed by atoms with Crippen LogP contribution in [0.3, 0.4) is 0 Å². The molecule has 2 heterocycles. The first-order valence-corrected chi connectivity index (χ1v) is 10.8. The van der Waals surface area contributed by atoms with Gasteiger partial charge in [-0.3, -0.25) is 4.90 Å². The van der Waals surface area contributed by atoms with Gasteiger partial charge in [0.1, 0.15) is 0 Å². The zero-order valence-electron chi connectivity index (χ0n) is 13.5. The number of hydrogen-bond donors (Lipinski definition) is 1. The Kier molecular flexibility index (Phi) is 5.62. The van der Waals surface area contributed by atoms with Gasteiger partial charge < -0.3 is 0 Å². The smallest absolute Gasteiger partial charge is 0.240 e. The van der Waals surface area contributed by atoms with Crippen LogP contribution in [0.1, 0.15) is 30.0 Å². The molecule has 1 aromatic heterocycles. The minimum absolute atomic E-state index is 0.0769. The lowest BCUT2D eigenvalue weighted by atomic mass is 10.1. The van der Waals surface area contributed by atoms with Crippen LogP contribution in [0.5, 0.6) is 0 Å². The highest BCUT2D eigenvalue weighted by Gasteiger charge is 2.26. The quantitative estimate of drug-likeness (QED) is 0.823. The molecular formula is C17H21ClN2O2S2. The first kappa shape index (κ1) is 17.9. The average molecular weight is 385 g/mol. The van der Waals surface area contributed by atoms with Crippen LogP contribution in [0.25, 0.3) is 0 Å². The van der Waals surface area contributed by atoms with E-state index in [1.165, 1.54) is 24.5 Å². The molecule has 2 aromatic rings. The minimum Gasteiger partial charge on any atom is -0.295 e. The molecule has 1 saturated heterocycles. The van der Waals surface area contributed by atoms with E-state index in [1.807, 2.05) is 5.38 Å². The third-order valence-corrected chi connectivity index (χ3v) is 6.92. The Balaban J connectivity index is 1.79. The van der Waals surface area contributed by atoms with Crippen molar-refractivity contribution >= 4 is 33.0 Å². The highest BCUT2D eigenvalue weighted by atomic mass is 35.5. The fraction of sp³-hybridized carbons (Fsp3) is 0.412. The molecule has 0 aliphatic carbocycles. The van der Waals surface area contributed by atoms with Crippen LogP contribution in [0.4, 0.5) is 0 Å². The van der Waals surface area contributed by atoms with Crippen LogP contribution in [-0.4, -0.2) is 33.0 Å². The number of nitrogens with one attached hydrogen (secondary N) is 1. The fourth-order valence-electron chi connectivity index (χ4n) is 3.11. The molecule has 24 heavy (non-hydrogen) atoms. The van der Waals surface area contributed by atoms with Gasteiger partial charge in [-0.15, -0.1) is 0 Å². The summed E-state index contributed by atoms with van der Waals surface area (Å²) >= 11 is 7.61. The van der Waals surface area contributed by atoms with Gasteiger partial charge in [0.2, 0.25) is 10.0 Å². The van der Waals surface area contributed by atoms with Gasteiger partial charge in [0, 0.05) is 17.6 Å². The second-order valence-electron chi connectivity index (χ2n) is 6.08. The van der Waals surface area contributed by atoms with Crippen LogP contribution in [0.15, 0.2) is 39.9 Å². The van der Waals surface area contributed by atoms with Crippen LogP contribution in [-0.2, 0) is 10.0 Å². The molecule has 0 saturated carbocycles. The maximum absolute atomic E-state index is 12.7. The second kappa shape index (κ2) is 7.54. The van der Waals surface area contributed by atoms with Crippen molar-refractivity contribution in [3.8, 4) is 0 Å². The molecule has 1 N–H and O–H groups in total. The lowest BCUT2D eigenvalue weighted by Gasteiger charge is -2.27. The predicted molar refractivity (Wildman–Crippen MR) is 99.2 cm³/mol. The monoisotopic (exact) mass is 384 g/mol. The second-order valence-corrected chi connectivity index (χ2v) is 9.03. The molecule has 130 valence electrons. The Morgan fingerprint density at radius 3 is 2.71 bits per heavy atom. The summed E-state index contributed by atoms with van der Waals surface area (Å²) in [6, 6.07) is 7.09. The molecule has 0 bridgehead atoms. The Hall–Kier alpha value is -0.920. The van der Waals surface area contributed by atoms with Crippen molar-refractivity contribution in [1.29, 1.82) is 0 Å². The normalized spacial score (nSPS) is 17.2. The summed E-state index contributed by atoms with van der Waals surface area (Å²) in [6.07, 6.45) is 2.33. The van der Waals surface area contributed by atoms with Gasteiger partial charge in [-0.05, 0) is 72.9 Å². The summed E-state index contributed by atoms with van der Waals surface area (Å²) in [5.74, 6) is 0. The number of benzene rings is 1. The number of hydrogen-bond acceptors (Lipinski definition) is 4. The zero-order valence-corrected chi connectivity index (χ0v) is 15.9. The van der Waals surface area contributed by atoms with Gasteiger partial charge >= 0.3 is 0 Å². The minimum atomic E-state index is -3.59. The molecule has 1 aliphatic rings.